The van der Waals surface area contributed by atoms with Crippen molar-refractivity contribution in [2.45, 2.75) is 6.92 Å². The van der Waals surface area contributed by atoms with Crippen molar-refractivity contribution in [2.24, 2.45) is 0 Å². The highest BCUT2D eigenvalue weighted by Crippen LogP contribution is 2.21. The van der Waals surface area contributed by atoms with E-state index in [1.165, 1.54) is 6.20 Å². The Morgan fingerprint density at radius 3 is 2.72 bits per heavy atom. The van der Waals surface area contributed by atoms with Crippen LogP contribution in [0, 0.1) is 6.92 Å². The number of hydrogen-bond donors (Lipinski definition) is 0. The Morgan fingerprint density at radius 1 is 1.11 bits per heavy atom. The Bertz CT molecular complexity index is 737. The number of fused-ring (bicyclic) bond motifs is 1. The minimum Gasteiger partial charge on any atom is -0.277 e. The summed E-state index contributed by atoms with van der Waals surface area (Å²) in [7, 11) is 0. The monoisotopic (exact) mass is 279 g/mol. The van der Waals surface area contributed by atoms with E-state index in [1.54, 1.807) is 18.5 Å². The molecule has 3 aromatic heterocycles. The number of rotatable bonds is 1. The van der Waals surface area contributed by atoms with E-state index in [0.717, 1.165) is 11.3 Å². The Hall–Kier alpha value is -1.72. The molecule has 0 unspecified atom stereocenters. The number of aryl methyl sites for hydroxylation is 1. The second-order valence-electron chi connectivity index (χ2n) is 3.69. The minimum atomic E-state index is 0.323. The molecule has 0 aromatic carbocycles. The molecule has 3 aromatic rings. The molecule has 18 heavy (non-hydrogen) atoms. The van der Waals surface area contributed by atoms with Crippen molar-refractivity contribution >= 4 is 34.4 Å². The van der Waals surface area contributed by atoms with Gasteiger partial charge in [0.25, 0.3) is 0 Å². The topological polar surface area (TPSA) is 56.5 Å². The van der Waals surface area contributed by atoms with Crippen LogP contribution in [0.4, 0.5) is 0 Å². The highest BCUT2D eigenvalue weighted by atomic mass is 35.5. The largest absolute Gasteiger partial charge is 0.277 e. The van der Waals surface area contributed by atoms with Gasteiger partial charge in [0.15, 0.2) is 11.5 Å². The van der Waals surface area contributed by atoms with E-state index in [0.29, 0.717) is 21.6 Å². The zero-order chi connectivity index (χ0) is 12.7. The third-order valence-electron chi connectivity index (χ3n) is 2.47. The molecule has 7 heteroatoms. The van der Waals surface area contributed by atoms with Crippen molar-refractivity contribution in [1.82, 2.24) is 24.5 Å². The van der Waals surface area contributed by atoms with Crippen molar-refractivity contribution in [3.63, 3.8) is 0 Å². The van der Waals surface area contributed by atoms with E-state index in [9.17, 15) is 0 Å². The molecule has 0 amide bonds. The standard InChI is InChI=1S/C11H7Cl2N5/c1-6-16-11-8(2-7(12)3-15-11)18(6)10-5-14-4-9(13)17-10/h2-5H,1H3. The van der Waals surface area contributed by atoms with Crippen molar-refractivity contribution in [1.29, 1.82) is 0 Å². The average Bonchev–Trinajstić information content (AvgIpc) is 2.64. The van der Waals surface area contributed by atoms with Crippen LogP contribution >= 0.6 is 23.2 Å². The summed E-state index contributed by atoms with van der Waals surface area (Å²) in [6.07, 6.45) is 4.65. The quantitative estimate of drug-likeness (QED) is 0.687. The Labute approximate surface area is 112 Å². The van der Waals surface area contributed by atoms with Crippen molar-refractivity contribution < 1.29 is 0 Å². The maximum absolute atomic E-state index is 5.95. The molecule has 0 aliphatic carbocycles. The molecular weight excluding hydrogens is 273 g/mol. The lowest BCUT2D eigenvalue weighted by atomic mass is 10.4. The Kier molecular flexibility index (Phi) is 2.65. The number of halogens is 2. The molecule has 0 radical (unpaired) electrons. The first kappa shape index (κ1) is 11.4. The molecule has 0 saturated heterocycles. The summed E-state index contributed by atoms with van der Waals surface area (Å²) in [5.74, 6) is 1.34. The lowest BCUT2D eigenvalue weighted by molar-refractivity contribution is 0.941. The normalized spacial score (nSPS) is 11.1. The van der Waals surface area contributed by atoms with Gasteiger partial charge in [0.2, 0.25) is 0 Å². The first-order valence-corrected chi connectivity index (χ1v) is 5.89. The molecule has 0 N–H and O–H groups in total. The van der Waals surface area contributed by atoms with Gasteiger partial charge in [-0.25, -0.2) is 15.0 Å². The van der Waals surface area contributed by atoms with Gasteiger partial charge in [-0.2, -0.15) is 0 Å². The van der Waals surface area contributed by atoms with Gasteiger partial charge >= 0.3 is 0 Å². The maximum atomic E-state index is 5.95. The van der Waals surface area contributed by atoms with Crippen molar-refractivity contribution in [2.75, 3.05) is 0 Å². The molecule has 0 atom stereocenters. The van der Waals surface area contributed by atoms with Gasteiger partial charge in [0, 0.05) is 6.20 Å². The van der Waals surface area contributed by atoms with Gasteiger partial charge in [-0.05, 0) is 13.0 Å². The van der Waals surface area contributed by atoms with Crippen LogP contribution in [-0.4, -0.2) is 24.5 Å². The van der Waals surface area contributed by atoms with Gasteiger partial charge in [-0.1, -0.05) is 23.2 Å². The van der Waals surface area contributed by atoms with Crippen LogP contribution in [0.1, 0.15) is 5.82 Å². The van der Waals surface area contributed by atoms with Crippen molar-refractivity contribution in [3.8, 4) is 5.82 Å². The van der Waals surface area contributed by atoms with Crippen LogP contribution in [0.2, 0.25) is 10.2 Å². The van der Waals surface area contributed by atoms with Crippen LogP contribution in [-0.2, 0) is 0 Å². The summed E-state index contributed by atoms with van der Waals surface area (Å²) >= 11 is 11.8. The summed E-state index contributed by atoms with van der Waals surface area (Å²) in [6, 6.07) is 1.78. The zero-order valence-corrected chi connectivity index (χ0v) is 10.8. The SMILES string of the molecule is Cc1nc2ncc(Cl)cc2n1-c1cncc(Cl)n1. The second-order valence-corrected chi connectivity index (χ2v) is 4.51. The smallest absolute Gasteiger partial charge is 0.178 e. The molecule has 3 rings (SSSR count). The molecule has 0 saturated carbocycles. The fraction of sp³-hybridized carbons (Fsp3) is 0.0909. The Balaban J connectivity index is 2.34. The molecule has 3 heterocycles. The fourth-order valence-corrected chi connectivity index (χ4v) is 2.07. The molecular formula is C11H7Cl2N5. The number of aromatic nitrogens is 5. The van der Waals surface area contributed by atoms with Crippen LogP contribution in [0.15, 0.2) is 24.7 Å². The molecule has 0 spiro atoms. The number of nitrogens with zero attached hydrogens (tertiary/aromatic N) is 5. The van der Waals surface area contributed by atoms with E-state index in [-0.39, 0.29) is 0 Å². The van der Waals surface area contributed by atoms with Crippen LogP contribution < -0.4 is 0 Å². The van der Waals surface area contributed by atoms with Crippen LogP contribution in [0.3, 0.4) is 0 Å². The lowest BCUT2D eigenvalue weighted by Gasteiger charge is -2.05. The highest BCUT2D eigenvalue weighted by Gasteiger charge is 2.12. The van der Waals surface area contributed by atoms with Crippen molar-refractivity contribution in [3.05, 3.63) is 40.7 Å². The van der Waals surface area contributed by atoms with Crippen LogP contribution in [0.5, 0.6) is 0 Å². The van der Waals surface area contributed by atoms with E-state index < -0.39 is 0 Å². The molecule has 0 fully saturated rings. The summed E-state index contributed by atoms with van der Waals surface area (Å²) in [5.41, 5.74) is 1.38. The predicted molar refractivity (Wildman–Crippen MR) is 69.2 cm³/mol. The van der Waals surface area contributed by atoms with Gasteiger partial charge < -0.3 is 0 Å². The molecule has 0 bridgehead atoms. The molecule has 5 nitrogen and oxygen atoms in total. The van der Waals surface area contributed by atoms with Crippen LogP contribution in [0.25, 0.3) is 17.0 Å². The van der Waals surface area contributed by atoms with E-state index in [1.807, 2.05) is 11.5 Å². The second kappa shape index (κ2) is 4.19. The first-order valence-electron chi connectivity index (χ1n) is 5.13. The summed E-state index contributed by atoms with van der Waals surface area (Å²) in [6.45, 7) is 1.86. The van der Waals surface area contributed by atoms with Gasteiger partial charge in [-0.3, -0.25) is 9.55 Å². The summed E-state index contributed by atoms with van der Waals surface area (Å²) < 4.78 is 1.81. The highest BCUT2D eigenvalue weighted by molar-refractivity contribution is 6.31. The van der Waals surface area contributed by atoms with Gasteiger partial charge in [-0.15, -0.1) is 0 Å². The third kappa shape index (κ3) is 1.81. The summed E-state index contributed by atoms with van der Waals surface area (Å²) in [4.78, 5) is 16.7. The number of imidazole rings is 1. The summed E-state index contributed by atoms with van der Waals surface area (Å²) in [5, 5.41) is 0.863. The van der Waals surface area contributed by atoms with E-state index in [4.69, 9.17) is 23.2 Å². The molecule has 0 aliphatic heterocycles. The van der Waals surface area contributed by atoms with E-state index in [2.05, 4.69) is 19.9 Å². The number of hydrogen-bond acceptors (Lipinski definition) is 4. The van der Waals surface area contributed by atoms with Gasteiger partial charge in [0.05, 0.1) is 22.9 Å². The average molecular weight is 280 g/mol. The third-order valence-corrected chi connectivity index (χ3v) is 2.86. The fourth-order valence-electron chi connectivity index (χ4n) is 1.78. The Morgan fingerprint density at radius 2 is 1.94 bits per heavy atom. The lowest BCUT2D eigenvalue weighted by Crippen LogP contribution is -2.00. The predicted octanol–water partition coefficient (Wildman–Crippen LogP) is 2.83. The molecule has 0 aliphatic rings. The maximum Gasteiger partial charge on any atom is 0.178 e. The number of pyridine rings is 1. The molecule has 90 valence electrons. The van der Waals surface area contributed by atoms with E-state index >= 15 is 0 Å². The minimum absolute atomic E-state index is 0.323. The zero-order valence-electron chi connectivity index (χ0n) is 9.30. The first-order chi connectivity index (χ1) is 8.65. The van der Waals surface area contributed by atoms with Gasteiger partial charge in [0.1, 0.15) is 11.0 Å².